The summed E-state index contributed by atoms with van der Waals surface area (Å²) in [6.07, 6.45) is -0.200. The quantitative estimate of drug-likeness (QED) is 0.236. The van der Waals surface area contributed by atoms with Crippen LogP contribution in [0.3, 0.4) is 0 Å². The number of aliphatic hydroxyl groups is 4. The predicted molar refractivity (Wildman–Crippen MR) is 110 cm³/mol. The molecule has 11 heteroatoms. The van der Waals surface area contributed by atoms with E-state index in [0.717, 1.165) is 0 Å². The molecule has 0 saturated heterocycles. The van der Waals surface area contributed by atoms with Crippen LogP contribution in [0.1, 0.15) is 24.5 Å². The van der Waals surface area contributed by atoms with Gasteiger partial charge in [0.05, 0.1) is 17.2 Å². The smallest absolute Gasteiger partial charge is 0.255 e. The van der Waals surface area contributed by atoms with Gasteiger partial charge in [-0.1, -0.05) is 12.1 Å². The number of carbonyl (C=O) groups is 3. The average Bonchev–Trinajstić information content (AvgIpc) is 2.68. The first-order valence-electron chi connectivity index (χ1n) is 9.97. The number of carbonyl (C=O) groups excluding carboxylic acids is 3. The van der Waals surface area contributed by atoms with Crippen LogP contribution >= 0.6 is 0 Å². The highest BCUT2D eigenvalue weighted by Gasteiger charge is 2.66. The number of likely N-dealkylation sites (N-methyl/N-ethyl adjacent to an activating group) is 1. The number of phenolic OH excluding ortho intramolecular Hbond substituents is 1. The number of hydrogen-bond donors (Lipinski definition) is 6. The topological polar surface area (TPSA) is 182 Å². The molecule has 1 aromatic carbocycles. The van der Waals surface area contributed by atoms with E-state index in [1.807, 2.05) is 0 Å². The summed E-state index contributed by atoms with van der Waals surface area (Å²) >= 11 is 0. The van der Waals surface area contributed by atoms with Crippen molar-refractivity contribution in [2.24, 2.45) is 17.6 Å². The van der Waals surface area contributed by atoms with Gasteiger partial charge in [0.1, 0.15) is 22.8 Å². The molecule has 1 saturated carbocycles. The van der Waals surface area contributed by atoms with Gasteiger partial charge in [-0.25, -0.2) is 0 Å². The van der Waals surface area contributed by atoms with Crippen LogP contribution in [-0.2, 0) is 20.0 Å². The zero-order valence-electron chi connectivity index (χ0n) is 18.0. The van der Waals surface area contributed by atoms with E-state index in [1.165, 1.54) is 44.1 Å². The largest absolute Gasteiger partial charge is 1.00 e. The zero-order valence-corrected chi connectivity index (χ0v) is 18.8. The molecule has 3 aliphatic carbocycles. The molecule has 33 heavy (non-hydrogen) atoms. The third-order valence-corrected chi connectivity index (χ3v) is 7.02. The number of hydrogen-bond acceptors (Lipinski definition) is 9. The molecule has 3 aliphatic rings. The number of aromatic hydroxyl groups is 1. The van der Waals surface area contributed by atoms with Gasteiger partial charge in [-0.05, 0) is 39.1 Å². The SMILES string of the molecule is CN(C)[C@@H]1C(=O)C(C(N)=O)=C(O)[C@@]2(O)C(=O)C3=C(O)c4c(O)cccc4[C@@](C)(O)[C@H]3C[C@@H]12.[Cl-]. The molecule has 0 bridgehead atoms. The highest BCUT2D eigenvalue weighted by Crippen LogP contribution is 2.57. The Bertz CT molecular complexity index is 1160. The van der Waals surface area contributed by atoms with E-state index in [-0.39, 0.29) is 30.0 Å². The van der Waals surface area contributed by atoms with Crippen LogP contribution in [0.4, 0.5) is 0 Å². The lowest BCUT2D eigenvalue weighted by atomic mass is 9.54. The molecule has 10 nitrogen and oxygen atoms in total. The molecule has 0 aromatic heterocycles. The van der Waals surface area contributed by atoms with Crippen LogP contribution in [-0.4, -0.2) is 73.6 Å². The normalized spacial score (nSPS) is 33.3. The maximum absolute atomic E-state index is 13.7. The maximum Gasteiger partial charge on any atom is 0.255 e. The number of nitrogens with zero attached hydrogens (tertiary/aromatic N) is 1. The molecule has 7 N–H and O–H groups in total. The number of phenols is 1. The van der Waals surface area contributed by atoms with Gasteiger partial charge >= 0.3 is 0 Å². The number of nitrogens with two attached hydrogens (primary N) is 1. The molecule has 0 spiro atoms. The third kappa shape index (κ3) is 2.95. The Labute approximate surface area is 195 Å². The Morgan fingerprint density at radius 2 is 1.76 bits per heavy atom. The van der Waals surface area contributed by atoms with Crippen molar-refractivity contribution in [3.8, 4) is 5.75 Å². The molecule has 1 aromatic rings. The Morgan fingerprint density at radius 3 is 2.30 bits per heavy atom. The highest BCUT2D eigenvalue weighted by molar-refractivity contribution is 6.24. The molecular weight excluding hydrogens is 456 g/mol. The molecule has 5 atom stereocenters. The summed E-state index contributed by atoms with van der Waals surface area (Å²) < 4.78 is 0. The minimum absolute atomic E-state index is 0. The van der Waals surface area contributed by atoms with Crippen molar-refractivity contribution >= 4 is 23.2 Å². The van der Waals surface area contributed by atoms with E-state index in [4.69, 9.17) is 5.73 Å². The Hall–Kier alpha value is -2.92. The molecule has 4 rings (SSSR count). The van der Waals surface area contributed by atoms with E-state index in [1.54, 1.807) is 0 Å². The van der Waals surface area contributed by atoms with Gasteiger partial charge in [0, 0.05) is 17.4 Å². The lowest BCUT2D eigenvalue weighted by Crippen LogP contribution is -3.00. The van der Waals surface area contributed by atoms with Crippen molar-refractivity contribution in [1.82, 2.24) is 4.90 Å². The van der Waals surface area contributed by atoms with Crippen LogP contribution < -0.4 is 18.1 Å². The molecule has 1 amide bonds. The second kappa shape index (κ2) is 7.56. The Kier molecular flexibility index (Phi) is 5.66. The second-order valence-electron chi connectivity index (χ2n) is 8.96. The molecular formula is C22H24ClN2O8-. The van der Waals surface area contributed by atoms with Gasteiger partial charge < -0.3 is 43.7 Å². The summed E-state index contributed by atoms with van der Waals surface area (Å²) in [7, 11) is 3.01. The van der Waals surface area contributed by atoms with E-state index >= 15 is 0 Å². The van der Waals surface area contributed by atoms with Crippen molar-refractivity contribution in [3.05, 3.63) is 46.2 Å². The maximum atomic E-state index is 13.7. The van der Waals surface area contributed by atoms with E-state index in [2.05, 4.69) is 0 Å². The lowest BCUT2D eigenvalue weighted by molar-refractivity contribution is -0.159. The van der Waals surface area contributed by atoms with E-state index in [0.29, 0.717) is 0 Å². The van der Waals surface area contributed by atoms with Gasteiger partial charge in [0.2, 0.25) is 5.78 Å². The summed E-state index contributed by atoms with van der Waals surface area (Å²) in [6, 6.07) is 3.02. The fourth-order valence-electron chi connectivity index (χ4n) is 5.50. The van der Waals surface area contributed by atoms with Gasteiger partial charge in [-0.3, -0.25) is 19.3 Å². The number of rotatable bonds is 2. The first-order chi connectivity index (χ1) is 14.8. The van der Waals surface area contributed by atoms with Gasteiger partial charge in [0.25, 0.3) is 5.91 Å². The number of fused-ring (bicyclic) bond motifs is 3. The second-order valence-corrected chi connectivity index (χ2v) is 8.96. The van der Waals surface area contributed by atoms with Crippen molar-refractivity contribution < 1.29 is 52.3 Å². The first kappa shape index (κ1) is 24.7. The minimum atomic E-state index is -2.75. The molecule has 0 heterocycles. The monoisotopic (exact) mass is 479 g/mol. The minimum Gasteiger partial charge on any atom is -1.00 e. The number of Topliss-reactive ketones (excluding diaryl/α,β-unsaturated/α-hetero) is 2. The Balaban J connectivity index is 0.00000306. The summed E-state index contributed by atoms with van der Waals surface area (Å²) in [5, 5.41) is 54.9. The van der Waals surface area contributed by atoms with Crippen LogP contribution in [0.5, 0.6) is 5.75 Å². The van der Waals surface area contributed by atoms with E-state index < -0.39 is 75.0 Å². The Morgan fingerprint density at radius 1 is 1.15 bits per heavy atom. The number of primary amides is 1. The molecule has 1 fully saturated rings. The van der Waals surface area contributed by atoms with Crippen LogP contribution in [0.15, 0.2) is 35.1 Å². The molecule has 0 aliphatic heterocycles. The lowest BCUT2D eigenvalue weighted by Gasteiger charge is -2.53. The van der Waals surface area contributed by atoms with Crippen molar-refractivity contribution in [2.45, 2.75) is 30.6 Å². The summed E-state index contributed by atoms with van der Waals surface area (Å²) in [5.41, 5.74) is -0.548. The summed E-state index contributed by atoms with van der Waals surface area (Å²) in [4.78, 5) is 40.0. The fourth-order valence-corrected chi connectivity index (χ4v) is 5.50. The fraction of sp³-hybridized carbons (Fsp3) is 0.409. The van der Waals surface area contributed by atoms with Crippen LogP contribution in [0.25, 0.3) is 5.76 Å². The van der Waals surface area contributed by atoms with Gasteiger partial charge in [-0.15, -0.1) is 0 Å². The van der Waals surface area contributed by atoms with Crippen molar-refractivity contribution in [2.75, 3.05) is 14.1 Å². The highest BCUT2D eigenvalue weighted by atomic mass is 35.5. The number of aliphatic hydroxyl groups excluding tert-OH is 2. The van der Waals surface area contributed by atoms with Crippen molar-refractivity contribution in [3.63, 3.8) is 0 Å². The number of halogens is 1. The number of ketones is 2. The first-order valence-corrected chi connectivity index (χ1v) is 9.97. The van der Waals surface area contributed by atoms with Crippen LogP contribution in [0, 0.1) is 11.8 Å². The standard InChI is InChI=1S/C22H24N2O8.ClH/c1-21(31)8-5-4-6-11(25)12(8)16(26)13-9(21)7-10-15(24(2)3)17(27)14(20(23)30)19(29)22(10,32)18(13)28;/h4-6,9-10,15,25-26,29,31-32H,7H2,1-3H3,(H2,23,30);1H/p-1/t9-,10-,15-,21+,22-;/m0./s1. The zero-order chi connectivity index (χ0) is 23.9. The molecule has 178 valence electrons. The van der Waals surface area contributed by atoms with Gasteiger partial charge in [0.15, 0.2) is 11.4 Å². The molecule has 0 unspecified atom stereocenters. The van der Waals surface area contributed by atoms with E-state index in [9.17, 15) is 39.9 Å². The average molecular weight is 480 g/mol. The number of amides is 1. The van der Waals surface area contributed by atoms with Crippen molar-refractivity contribution in [1.29, 1.82) is 0 Å². The summed E-state index contributed by atoms with van der Waals surface area (Å²) in [6.45, 7) is 1.40. The third-order valence-electron chi connectivity index (χ3n) is 7.02. The molecule has 0 radical (unpaired) electrons. The number of benzene rings is 1. The van der Waals surface area contributed by atoms with Crippen LogP contribution in [0.2, 0.25) is 0 Å². The predicted octanol–water partition coefficient (Wildman–Crippen LogP) is -3.37. The van der Waals surface area contributed by atoms with Gasteiger partial charge in [-0.2, -0.15) is 0 Å². The summed E-state index contributed by atoms with van der Waals surface area (Å²) in [5.74, 6) is -7.90.